The third kappa shape index (κ3) is 2.16. The van der Waals surface area contributed by atoms with Crippen LogP contribution in [0.3, 0.4) is 0 Å². The van der Waals surface area contributed by atoms with Gasteiger partial charge in [0, 0.05) is 19.8 Å². The van der Waals surface area contributed by atoms with Crippen molar-refractivity contribution in [3.8, 4) is 0 Å². The molecule has 6 nitrogen and oxygen atoms in total. The molecule has 1 atom stereocenters. The SMILES string of the molecule is Cn1cnc2c(NCC3COCCO3)nccc21. The Bertz CT molecular complexity index is 534. The summed E-state index contributed by atoms with van der Waals surface area (Å²) >= 11 is 0. The molecule has 1 saturated heterocycles. The van der Waals surface area contributed by atoms with Gasteiger partial charge in [0.05, 0.1) is 37.8 Å². The molecule has 0 aromatic carbocycles. The summed E-state index contributed by atoms with van der Waals surface area (Å²) in [5.74, 6) is 0.794. The number of nitrogens with one attached hydrogen (secondary N) is 1. The number of rotatable bonds is 3. The number of anilines is 1. The van der Waals surface area contributed by atoms with Gasteiger partial charge in [-0.3, -0.25) is 0 Å². The highest BCUT2D eigenvalue weighted by Gasteiger charge is 2.15. The molecular weight excluding hydrogens is 232 g/mol. The first-order valence-corrected chi connectivity index (χ1v) is 6.04. The number of ether oxygens (including phenoxy) is 2. The average Bonchev–Trinajstić information content (AvgIpc) is 2.80. The molecule has 2 aromatic heterocycles. The maximum Gasteiger partial charge on any atom is 0.154 e. The summed E-state index contributed by atoms with van der Waals surface area (Å²) in [6, 6.07) is 1.95. The molecule has 1 unspecified atom stereocenters. The van der Waals surface area contributed by atoms with Gasteiger partial charge in [0.15, 0.2) is 5.82 Å². The number of imidazole rings is 1. The quantitative estimate of drug-likeness (QED) is 0.870. The number of aryl methyl sites for hydroxylation is 1. The molecule has 2 aromatic rings. The van der Waals surface area contributed by atoms with Crippen molar-refractivity contribution < 1.29 is 9.47 Å². The molecule has 18 heavy (non-hydrogen) atoms. The summed E-state index contributed by atoms with van der Waals surface area (Å²) in [7, 11) is 1.97. The van der Waals surface area contributed by atoms with Crippen molar-refractivity contribution in [1.82, 2.24) is 14.5 Å². The molecule has 1 aliphatic heterocycles. The lowest BCUT2D eigenvalue weighted by Crippen LogP contribution is -2.34. The molecule has 6 heteroatoms. The molecule has 3 rings (SSSR count). The lowest BCUT2D eigenvalue weighted by Gasteiger charge is -2.23. The molecule has 0 aliphatic carbocycles. The van der Waals surface area contributed by atoms with E-state index in [4.69, 9.17) is 9.47 Å². The molecule has 1 aliphatic rings. The predicted molar refractivity (Wildman–Crippen MR) is 67.6 cm³/mol. The molecule has 1 fully saturated rings. The Morgan fingerprint density at radius 1 is 1.44 bits per heavy atom. The number of aromatic nitrogens is 3. The number of hydrogen-bond donors (Lipinski definition) is 1. The van der Waals surface area contributed by atoms with Crippen LogP contribution < -0.4 is 5.32 Å². The minimum absolute atomic E-state index is 0.0829. The molecule has 0 saturated carbocycles. The molecule has 1 N–H and O–H groups in total. The summed E-state index contributed by atoms with van der Waals surface area (Å²) in [6.45, 7) is 2.66. The van der Waals surface area contributed by atoms with Crippen LogP contribution in [0.1, 0.15) is 0 Å². The summed E-state index contributed by atoms with van der Waals surface area (Å²) in [4.78, 5) is 8.67. The molecule has 3 heterocycles. The Hall–Kier alpha value is -1.66. The maximum absolute atomic E-state index is 5.58. The third-order valence-electron chi connectivity index (χ3n) is 3.03. The van der Waals surface area contributed by atoms with Crippen molar-refractivity contribution >= 4 is 16.9 Å². The van der Waals surface area contributed by atoms with E-state index in [9.17, 15) is 0 Å². The zero-order valence-electron chi connectivity index (χ0n) is 10.3. The van der Waals surface area contributed by atoms with Crippen molar-refractivity contribution in [2.75, 3.05) is 31.7 Å². The van der Waals surface area contributed by atoms with Crippen LogP contribution in [-0.4, -0.2) is 47.0 Å². The fourth-order valence-electron chi connectivity index (χ4n) is 2.06. The monoisotopic (exact) mass is 248 g/mol. The van der Waals surface area contributed by atoms with E-state index in [-0.39, 0.29) is 6.10 Å². The number of pyridine rings is 1. The highest BCUT2D eigenvalue weighted by atomic mass is 16.6. The van der Waals surface area contributed by atoms with Gasteiger partial charge in [-0.2, -0.15) is 0 Å². The van der Waals surface area contributed by atoms with Crippen LogP contribution in [0.25, 0.3) is 11.0 Å². The van der Waals surface area contributed by atoms with E-state index in [0.29, 0.717) is 26.4 Å². The van der Waals surface area contributed by atoms with Crippen LogP contribution in [0.15, 0.2) is 18.6 Å². The first-order chi connectivity index (χ1) is 8.84. The fourth-order valence-corrected chi connectivity index (χ4v) is 2.06. The van der Waals surface area contributed by atoms with Gasteiger partial charge in [-0.25, -0.2) is 9.97 Å². The van der Waals surface area contributed by atoms with Gasteiger partial charge in [-0.1, -0.05) is 0 Å². The zero-order valence-corrected chi connectivity index (χ0v) is 10.3. The third-order valence-corrected chi connectivity index (χ3v) is 3.03. The van der Waals surface area contributed by atoms with E-state index in [1.165, 1.54) is 0 Å². The smallest absolute Gasteiger partial charge is 0.154 e. The molecule has 0 radical (unpaired) electrons. The molecule has 0 spiro atoms. The van der Waals surface area contributed by atoms with E-state index in [1.54, 1.807) is 12.5 Å². The van der Waals surface area contributed by atoms with Crippen LogP contribution in [0.2, 0.25) is 0 Å². The lowest BCUT2D eigenvalue weighted by molar-refractivity contribution is -0.0819. The minimum Gasteiger partial charge on any atom is -0.376 e. The second-order valence-corrected chi connectivity index (χ2v) is 4.33. The van der Waals surface area contributed by atoms with Gasteiger partial charge in [0.2, 0.25) is 0 Å². The summed E-state index contributed by atoms with van der Waals surface area (Å²) in [5.41, 5.74) is 1.95. The van der Waals surface area contributed by atoms with Gasteiger partial charge < -0.3 is 19.4 Å². The Kier molecular flexibility index (Phi) is 3.12. The first-order valence-electron chi connectivity index (χ1n) is 6.04. The van der Waals surface area contributed by atoms with Crippen LogP contribution in [-0.2, 0) is 16.5 Å². The van der Waals surface area contributed by atoms with E-state index >= 15 is 0 Å². The van der Waals surface area contributed by atoms with Crippen molar-refractivity contribution in [3.63, 3.8) is 0 Å². The van der Waals surface area contributed by atoms with Crippen LogP contribution in [0.5, 0.6) is 0 Å². The molecular formula is C12H16N4O2. The lowest BCUT2D eigenvalue weighted by atomic mass is 10.3. The topological polar surface area (TPSA) is 61.2 Å². The predicted octanol–water partition coefficient (Wildman–Crippen LogP) is 0.796. The Labute approximate surface area is 105 Å². The van der Waals surface area contributed by atoms with E-state index < -0.39 is 0 Å². The van der Waals surface area contributed by atoms with Gasteiger partial charge >= 0.3 is 0 Å². The van der Waals surface area contributed by atoms with Gasteiger partial charge in [0.25, 0.3) is 0 Å². The highest BCUT2D eigenvalue weighted by molar-refractivity contribution is 5.85. The maximum atomic E-state index is 5.58. The van der Waals surface area contributed by atoms with E-state index in [0.717, 1.165) is 16.9 Å². The van der Waals surface area contributed by atoms with Crippen LogP contribution in [0, 0.1) is 0 Å². The second kappa shape index (κ2) is 4.91. The number of fused-ring (bicyclic) bond motifs is 1. The summed E-state index contributed by atoms with van der Waals surface area (Å²) < 4.78 is 12.9. The van der Waals surface area contributed by atoms with Crippen molar-refractivity contribution in [2.45, 2.75) is 6.10 Å². The number of nitrogens with zero attached hydrogens (tertiary/aromatic N) is 3. The molecule has 96 valence electrons. The largest absolute Gasteiger partial charge is 0.376 e. The van der Waals surface area contributed by atoms with Gasteiger partial charge in [0.1, 0.15) is 5.52 Å². The zero-order chi connectivity index (χ0) is 12.4. The van der Waals surface area contributed by atoms with Crippen molar-refractivity contribution in [1.29, 1.82) is 0 Å². The summed E-state index contributed by atoms with van der Waals surface area (Å²) in [5, 5.41) is 3.28. The summed E-state index contributed by atoms with van der Waals surface area (Å²) in [6.07, 6.45) is 3.65. The Morgan fingerprint density at radius 3 is 3.22 bits per heavy atom. The van der Waals surface area contributed by atoms with Gasteiger partial charge in [-0.15, -0.1) is 0 Å². The standard InChI is InChI=1S/C12H16N4O2/c1-16-8-15-11-10(16)2-3-13-12(11)14-6-9-7-17-4-5-18-9/h2-3,8-9H,4-7H2,1H3,(H,13,14). The average molecular weight is 248 g/mol. The fraction of sp³-hybridized carbons (Fsp3) is 0.500. The first kappa shape index (κ1) is 11.4. The van der Waals surface area contributed by atoms with E-state index in [2.05, 4.69) is 15.3 Å². The van der Waals surface area contributed by atoms with Crippen molar-refractivity contribution in [3.05, 3.63) is 18.6 Å². The van der Waals surface area contributed by atoms with Crippen LogP contribution >= 0.6 is 0 Å². The normalized spacial score (nSPS) is 20.2. The highest BCUT2D eigenvalue weighted by Crippen LogP contribution is 2.18. The van der Waals surface area contributed by atoms with E-state index in [1.807, 2.05) is 17.7 Å². The van der Waals surface area contributed by atoms with Crippen LogP contribution in [0.4, 0.5) is 5.82 Å². The Morgan fingerprint density at radius 2 is 2.39 bits per heavy atom. The molecule has 0 amide bonds. The van der Waals surface area contributed by atoms with Gasteiger partial charge in [-0.05, 0) is 6.07 Å². The second-order valence-electron chi connectivity index (χ2n) is 4.33. The Balaban J connectivity index is 1.74. The van der Waals surface area contributed by atoms with Crippen molar-refractivity contribution in [2.24, 2.45) is 7.05 Å². The number of hydrogen-bond acceptors (Lipinski definition) is 5. The molecule has 0 bridgehead atoms. The minimum atomic E-state index is 0.0829.